The van der Waals surface area contributed by atoms with Gasteiger partial charge in [0.1, 0.15) is 5.69 Å². The monoisotopic (exact) mass is 221 g/mol. The van der Waals surface area contributed by atoms with E-state index >= 15 is 0 Å². The largest absolute Gasteiger partial charge is 0.374 e. The molecular weight excluding hydrogens is 210 g/mol. The van der Waals surface area contributed by atoms with E-state index in [0.717, 1.165) is 17.2 Å². The number of rotatable bonds is 2. The summed E-state index contributed by atoms with van der Waals surface area (Å²) in [6.07, 6.45) is 3.42. The van der Waals surface area contributed by atoms with Gasteiger partial charge in [-0.2, -0.15) is 9.36 Å². The summed E-state index contributed by atoms with van der Waals surface area (Å²) in [5.41, 5.74) is 7.11. The maximum Gasteiger partial charge on any atom is 0.200 e. The Kier molecular flexibility index (Phi) is 2.59. The van der Waals surface area contributed by atoms with Crippen molar-refractivity contribution in [2.45, 2.75) is 19.8 Å². The van der Waals surface area contributed by atoms with Crippen molar-refractivity contribution in [3.63, 3.8) is 0 Å². The lowest BCUT2D eigenvalue weighted by Crippen LogP contribution is -1.95. The molecule has 6 heteroatoms. The molecule has 0 radical (unpaired) electrons. The molecule has 5 nitrogen and oxygen atoms in total. The molecule has 0 aliphatic rings. The number of anilines is 1. The van der Waals surface area contributed by atoms with E-state index in [1.165, 1.54) is 0 Å². The highest BCUT2D eigenvalue weighted by Crippen LogP contribution is 2.17. The second-order valence-corrected chi connectivity index (χ2v) is 4.22. The summed E-state index contributed by atoms with van der Waals surface area (Å²) in [6, 6.07) is 0. The van der Waals surface area contributed by atoms with Crippen LogP contribution in [-0.2, 0) is 0 Å². The molecular formula is C9H11N5S. The summed E-state index contributed by atoms with van der Waals surface area (Å²) in [4.78, 5) is 12.6. The van der Waals surface area contributed by atoms with Crippen molar-refractivity contribution in [1.82, 2.24) is 19.3 Å². The van der Waals surface area contributed by atoms with E-state index in [9.17, 15) is 0 Å². The highest BCUT2D eigenvalue weighted by molar-refractivity contribution is 7.09. The number of hydrogen-bond acceptors (Lipinski definition) is 6. The average Bonchev–Trinajstić information content (AvgIpc) is 2.65. The number of nitrogen functional groups attached to an aromatic ring is 1. The standard InChI is InChI=1S/C9H11N5S/c1-5(2)6-3-12-7(4-11-6)8-13-9(10)15-14-8/h3-5H,1-2H3,(H2,10,13,14). The predicted octanol–water partition coefficient (Wildman–Crippen LogP) is 1.70. The fraction of sp³-hybridized carbons (Fsp3) is 0.333. The van der Waals surface area contributed by atoms with E-state index in [-0.39, 0.29) is 0 Å². The third-order valence-corrected chi connectivity index (χ3v) is 2.48. The quantitative estimate of drug-likeness (QED) is 0.835. The maximum atomic E-state index is 5.49. The Morgan fingerprint density at radius 2 is 2.07 bits per heavy atom. The van der Waals surface area contributed by atoms with Crippen LogP contribution in [-0.4, -0.2) is 19.3 Å². The SMILES string of the molecule is CC(C)c1cnc(-c2nsc(N)n2)cn1. The van der Waals surface area contributed by atoms with Gasteiger partial charge in [0.25, 0.3) is 0 Å². The minimum Gasteiger partial charge on any atom is -0.374 e. The van der Waals surface area contributed by atoms with Gasteiger partial charge in [0.05, 0.1) is 11.9 Å². The summed E-state index contributed by atoms with van der Waals surface area (Å²) >= 11 is 1.16. The second kappa shape index (κ2) is 3.90. The van der Waals surface area contributed by atoms with Crippen LogP contribution < -0.4 is 5.73 Å². The van der Waals surface area contributed by atoms with E-state index < -0.39 is 0 Å². The van der Waals surface area contributed by atoms with Crippen molar-refractivity contribution in [1.29, 1.82) is 0 Å². The van der Waals surface area contributed by atoms with Gasteiger partial charge in [-0.15, -0.1) is 0 Å². The first-order valence-electron chi connectivity index (χ1n) is 4.58. The van der Waals surface area contributed by atoms with Gasteiger partial charge >= 0.3 is 0 Å². The number of aromatic nitrogens is 4. The minimum absolute atomic E-state index is 0.375. The highest BCUT2D eigenvalue weighted by atomic mass is 32.1. The van der Waals surface area contributed by atoms with Gasteiger partial charge in [-0.05, 0) is 5.92 Å². The summed E-state index contributed by atoms with van der Waals surface area (Å²) < 4.78 is 4.06. The van der Waals surface area contributed by atoms with Crippen molar-refractivity contribution in [3.05, 3.63) is 18.1 Å². The molecule has 15 heavy (non-hydrogen) atoms. The van der Waals surface area contributed by atoms with Gasteiger partial charge in [0.2, 0.25) is 0 Å². The average molecular weight is 221 g/mol. The van der Waals surface area contributed by atoms with Crippen LogP contribution >= 0.6 is 11.5 Å². The Hall–Kier alpha value is -1.56. The van der Waals surface area contributed by atoms with E-state index in [1.807, 2.05) is 0 Å². The molecule has 2 rings (SSSR count). The van der Waals surface area contributed by atoms with Crippen LogP contribution in [0.5, 0.6) is 0 Å². The van der Waals surface area contributed by atoms with E-state index in [2.05, 4.69) is 33.2 Å². The lowest BCUT2D eigenvalue weighted by atomic mass is 10.1. The summed E-state index contributed by atoms with van der Waals surface area (Å²) in [7, 11) is 0. The van der Waals surface area contributed by atoms with Crippen LogP contribution in [0.15, 0.2) is 12.4 Å². The number of hydrogen-bond donors (Lipinski definition) is 1. The summed E-state index contributed by atoms with van der Waals surface area (Å²) in [5, 5.41) is 0.444. The van der Waals surface area contributed by atoms with Crippen LogP contribution in [0.4, 0.5) is 5.13 Å². The molecule has 0 saturated heterocycles. The molecule has 0 bridgehead atoms. The Morgan fingerprint density at radius 1 is 1.27 bits per heavy atom. The summed E-state index contributed by atoms with van der Waals surface area (Å²) in [5.74, 6) is 0.917. The van der Waals surface area contributed by atoms with Gasteiger partial charge in [-0.1, -0.05) is 13.8 Å². The predicted molar refractivity (Wildman–Crippen MR) is 59.4 cm³/mol. The van der Waals surface area contributed by atoms with Crippen molar-refractivity contribution in [3.8, 4) is 11.5 Å². The van der Waals surface area contributed by atoms with Crippen LogP contribution in [0.2, 0.25) is 0 Å². The highest BCUT2D eigenvalue weighted by Gasteiger charge is 2.07. The van der Waals surface area contributed by atoms with E-state index in [1.54, 1.807) is 12.4 Å². The molecule has 0 saturated carbocycles. The zero-order valence-electron chi connectivity index (χ0n) is 8.51. The third kappa shape index (κ3) is 2.10. The first-order valence-corrected chi connectivity index (χ1v) is 5.35. The second-order valence-electron chi connectivity index (χ2n) is 3.44. The first-order chi connectivity index (χ1) is 7.16. The molecule has 2 aromatic heterocycles. The third-order valence-electron chi connectivity index (χ3n) is 1.93. The van der Waals surface area contributed by atoms with Gasteiger partial charge in [-0.25, -0.2) is 4.98 Å². The molecule has 0 aliphatic heterocycles. The van der Waals surface area contributed by atoms with Crippen molar-refractivity contribution < 1.29 is 0 Å². The van der Waals surface area contributed by atoms with Gasteiger partial charge in [0.15, 0.2) is 11.0 Å². The van der Waals surface area contributed by atoms with Gasteiger partial charge in [-0.3, -0.25) is 4.98 Å². The Morgan fingerprint density at radius 3 is 2.53 bits per heavy atom. The number of nitrogens with zero attached hydrogens (tertiary/aromatic N) is 4. The molecule has 2 aromatic rings. The molecule has 0 amide bonds. The Balaban J connectivity index is 2.31. The first kappa shape index (κ1) is 9.97. The van der Waals surface area contributed by atoms with Crippen LogP contribution in [0.3, 0.4) is 0 Å². The van der Waals surface area contributed by atoms with Crippen LogP contribution in [0.25, 0.3) is 11.5 Å². The zero-order chi connectivity index (χ0) is 10.8. The smallest absolute Gasteiger partial charge is 0.200 e. The fourth-order valence-corrected chi connectivity index (χ4v) is 1.53. The molecule has 0 aromatic carbocycles. The minimum atomic E-state index is 0.375. The molecule has 0 fully saturated rings. The van der Waals surface area contributed by atoms with E-state index in [0.29, 0.717) is 22.6 Å². The van der Waals surface area contributed by atoms with Crippen molar-refractivity contribution >= 4 is 16.7 Å². The zero-order valence-corrected chi connectivity index (χ0v) is 9.32. The van der Waals surface area contributed by atoms with Crippen molar-refractivity contribution in [2.24, 2.45) is 0 Å². The van der Waals surface area contributed by atoms with Crippen LogP contribution in [0, 0.1) is 0 Å². The topological polar surface area (TPSA) is 77.6 Å². The lowest BCUT2D eigenvalue weighted by Gasteiger charge is -2.02. The Labute approximate surface area is 91.6 Å². The van der Waals surface area contributed by atoms with Gasteiger partial charge in [0, 0.05) is 17.7 Å². The van der Waals surface area contributed by atoms with Crippen LogP contribution in [0.1, 0.15) is 25.5 Å². The summed E-state index contributed by atoms with van der Waals surface area (Å²) in [6.45, 7) is 4.14. The van der Waals surface area contributed by atoms with Gasteiger partial charge < -0.3 is 5.73 Å². The normalized spacial score (nSPS) is 10.9. The molecule has 0 spiro atoms. The fourth-order valence-electron chi connectivity index (χ4n) is 1.09. The molecule has 78 valence electrons. The van der Waals surface area contributed by atoms with Crippen molar-refractivity contribution in [2.75, 3.05) is 5.73 Å². The molecule has 2 N–H and O–H groups in total. The molecule has 0 unspecified atom stereocenters. The van der Waals surface area contributed by atoms with E-state index in [4.69, 9.17) is 5.73 Å². The maximum absolute atomic E-state index is 5.49. The Bertz CT molecular complexity index is 448. The lowest BCUT2D eigenvalue weighted by molar-refractivity contribution is 0.812. The molecule has 2 heterocycles. The molecule has 0 aliphatic carbocycles. The number of nitrogens with two attached hydrogens (primary N) is 1. The molecule has 0 atom stereocenters.